The van der Waals surface area contributed by atoms with Crippen LogP contribution in [0.5, 0.6) is 0 Å². The van der Waals surface area contributed by atoms with Crippen LogP contribution in [0.3, 0.4) is 0 Å². The first-order valence-corrected chi connectivity index (χ1v) is 9.20. The Hall–Kier alpha value is -1.95. The van der Waals surface area contributed by atoms with E-state index in [4.69, 9.17) is 9.72 Å². The summed E-state index contributed by atoms with van der Waals surface area (Å²) in [4.78, 5) is 16.1. The molecule has 0 saturated heterocycles. The molecule has 2 aromatic heterocycles. The Kier molecular flexibility index (Phi) is 6.02. The minimum absolute atomic E-state index is 0.437. The average Bonchev–Trinajstić information content (AvgIpc) is 2.93. The summed E-state index contributed by atoms with van der Waals surface area (Å²) in [7, 11) is 3.73. The van der Waals surface area contributed by atoms with Gasteiger partial charge in [0, 0.05) is 33.1 Å². The van der Waals surface area contributed by atoms with E-state index in [2.05, 4.69) is 32.7 Å². The molecule has 6 nitrogen and oxygen atoms in total. The molecular formula is C19H29N5O. The molecule has 25 heavy (non-hydrogen) atoms. The van der Waals surface area contributed by atoms with Crippen LogP contribution >= 0.6 is 0 Å². The standard InChI is InChI=1S/C19H29N5O/c1-15-11-23(2)19(21-15)13-24(12-16-7-5-4-6-8-16)18-9-10-20-17(22-18)14-25-3/h9-11,16H,4-8,12-14H2,1-3H3. The van der Waals surface area contributed by atoms with Crippen molar-refractivity contribution < 1.29 is 4.74 Å². The third-order valence-electron chi connectivity index (χ3n) is 4.92. The highest BCUT2D eigenvalue weighted by molar-refractivity contribution is 5.38. The van der Waals surface area contributed by atoms with Gasteiger partial charge in [-0.3, -0.25) is 0 Å². The molecule has 0 atom stereocenters. The monoisotopic (exact) mass is 343 g/mol. The zero-order valence-corrected chi connectivity index (χ0v) is 15.6. The van der Waals surface area contributed by atoms with E-state index in [1.54, 1.807) is 7.11 Å². The van der Waals surface area contributed by atoms with Gasteiger partial charge in [0.1, 0.15) is 18.2 Å². The van der Waals surface area contributed by atoms with Crippen molar-refractivity contribution in [2.75, 3.05) is 18.6 Å². The summed E-state index contributed by atoms with van der Waals surface area (Å²) in [5.74, 6) is 3.49. The van der Waals surface area contributed by atoms with E-state index in [1.807, 2.05) is 19.2 Å². The summed E-state index contributed by atoms with van der Waals surface area (Å²) in [6.07, 6.45) is 10.6. The van der Waals surface area contributed by atoms with Gasteiger partial charge in [-0.2, -0.15) is 0 Å². The quantitative estimate of drug-likeness (QED) is 0.772. The van der Waals surface area contributed by atoms with Crippen LogP contribution in [0.4, 0.5) is 5.82 Å². The Morgan fingerprint density at radius 3 is 2.72 bits per heavy atom. The molecule has 6 heteroatoms. The summed E-state index contributed by atoms with van der Waals surface area (Å²) in [6, 6.07) is 2.00. The number of aromatic nitrogens is 4. The van der Waals surface area contributed by atoms with E-state index in [0.29, 0.717) is 6.61 Å². The molecule has 0 amide bonds. The SMILES string of the molecule is COCc1nccc(N(Cc2nc(C)cn2C)CC2CCCCC2)n1. The first kappa shape index (κ1) is 17.9. The smallest absolute Gasteiger partial charge is 0.156 e. The van der Waals surface area contributed by atoms with Gasteiger partial charge in [0.05, 0.1) is 12.2 Å². The molecule has 2 heterocycles. The molecule has 1 saturated carbocycles. The number of ether oxygens (including phenoxy) is 1. The third-order valence-corrected chi connectivity index (χ3v) is 4.92. The molecule has 136 valence electrons. The summed E-state index contributed by atoms with van der Waals surface area (Å²) in [5, 5.41) is 0. The Balaban J connectivity index is 1.82. The Morgan fingerprint density at radius 1 is 1.24 bits per heavy atom. The lowest BCUT2D eigenvalue weighted by atomic mass is 9.89. The van der Waals surface area contributed by atoms with Gasteiger partial charge in [-0.1, -0.05) is 19.3 Å². The maximum atomic E-state index is 5.19. The second-order valence-electron chi connectivity index (χ2n) is 7.06. The summed E-state index contributed by atoms with van der Waals surface area (Å²) in [6.45, 7) is 4.27. The van der Waals surface area contributed by atoms with Crippen molar-refractivity contribution in [2.45, 2.75) is 52.2 Å². The van der Waals surface area contributed by atoms with Gasteiger partial charge in [-0.25, -0.2) is 15.0 Å². The number of imidazole rings is 1. The molecular weight excluding hydrogens is 314 g/mol. The van der Waals surface area contributed by atoms with Crippen molar-refractivity contribution in [1.82, 2.24) is 19.5 Å². The predicted octanol–water partition coefficient (Wildman–Crippen LogP) is 3.25. The van der Waals surface area contributed by atoms with E-state index >= 15 is 0 Å². The van der Waals surface area contributed by atoms with Crippen LogP contribution in [0.1, 0.15) is 49.4 Å². The zero-order chi connectivity index (χ0) is 17.6. The highest BCUT2D eigenvalue weighted by Gasteiger charge is 2.20. The number of rotatable bonds is 7. The maximum absolute atomic E-state index is 5.19. The molecule has 1 aliphatic rings. The molecule has 0 radical (unpaired) electrons. The molecule has 0 unspecified atom stereocenters. The Morgan fingerprint density at radius 2 is 2.04 bits per heavy atom. The summed E-state index contributed by atoms with van der Waals surface area (Å²) in [5.41, 5.74) is 1.05. The molecule has 1 aliphatic carbocycles. The van der Waals surface area contributed by atoms with Crippen LogP contribution in [-0.2, 0) is 24.9 Å². The van der Waals surface area contributed by atoms with Gasteiger partial charge >= 0.3 is 0 Å². The molecule has 0 bridgehead atoms. The van der Waals surface area contributed by atoms with Crippen LogP contribution in [0.2, 0.25) is 0 Å². The topological polar surface area (TPSA) is 56.1 Å². The second-order valence-corrected chi connectivity index (χ2v) is 7.06. The highest BCUT2D eigenvalue weighted by Crippen LogP contribution is 2.26. The normalized spacial score (nSPS) is 15.5. The molecule has 1 fully saturated rings. The van der Waals surface area contributed by atoms with Gasteiger partial charge < -0.3 is 14.2 Å². The maximum Gasteiger partial charge on any atom is 0.156 e. The predicted molar refractivity (Wildman–Crippen MR) is 98.3 cm³/mol. The second kappa shape index (κ2) is 8.43. The lowest BCUT2D eigenvalue weighted by Gasteiger charge is -2.30. The van der Waals surface area contributed by atoms with Crippen LogP contribution < -0.4 is 4.90 Å². The number of hydrogen-bond donors (Lipinski definition) is 0. The van der Waals surface area contributed by atoms with E-state index < -0.39 is 0 Å². The Labute approximate surface area is 150 Å². The van der Waals surface area contributed by atoms with E-state index in [-0.39, 0.29) is 0 Å². The molecule has 0 aromatic carbocycles. The number of anilines is 1. The fraction of sp³-hybridized carbons (Fsp3) is 0.632. The van der Waals surface area contributed by atoms with Crippen molar-refractivity contribution in [3.63, 3.8) is 0 Å². The van der Waals surface area contributed by atoms with Crippen molar-refractivity contribution in [3.05, 3.63) is 35.8 Å². The minimum atomic E-state index is 0.437. The third kappa shape index (κ3) is 4.78. The Bertz CT molecular complexity index is 678. The van der Waals surface area contributed by atoms with Gasteiger partial charge in [-0.15, -0.1) is 0 Å². The van der Waals surface area contributed by atoms with Crippen LogP contribution in [-0.4, -0.2) is 33.2 Å². The number of nitrogens with zero attached hydrogens (tertiary/aromatic N) is 5. The number of aryl methyl sites for hydroxylation is 2. The van der Waals surface area contributed by atoms with Crippen molar-refractivity contribution in [2.24, 2.45) is 13.0 Å². The number of methoxy groups -OCH3 is 1. The van der Waals surface area contributed by atoms with Crippen LogP contribution in [0.25, 0.3) is 0 Å². The minimum Gasteiger partial charge on any atom is -0.377 e. The molecule has 3 rings (SSSR count). The molecule has 0 N–H and O–H groups in total. The lowest BCUT2D eigenvalue weighted by molar-refractivity contribution is 0.178. The fourth-order valence-corrected chi connectivity index (χ4v) is 3.67. The fourth-order valence-electron chi connectivity index (χ4n) is 3.67. The summed E-state index contributed by atoms with van der Waals surface area (Å²) >= 11 is 0. The highest BCUT2D eigenvalue weighted by atomic mass is 16.5. The summed E-state index contributed by atoms with van der Waals surface area (Å²) < 4.78 is 7.30. The first-order chi connectivity index (χ1) is 12.2. The van der Waals surface area contributed by atoms with Crippen LogP contribution in [0.15, 0.2) is 18.5 Å². The van der Waals surface area contributed by atoms with Gasteiger partial charge in [0.2, 0.25) is 0 Å². The van der Waals surface area contributed by atoms with Gasteiger partial charge in [-0.05, 0) is 31.7 Å². The van der Waals surface area contributed by atoms with Crippen molar-refractivity contribution in [1.29, 1.82) is 0 Å². The van der Waals surface area contributed by atoms with Crippen molar-refractivity contribution >= 4 is 5.82 Å². The van der Waals surface area contributed by atoms with Crippen molar-refractivity contribution in [3.8, 4) is 0 Å². The van der Waals surface area contributed by atoms with Gasteiger partial charge in [0.15, 0.2) is 5.82 Å². The first-order valence-electron chi connectivity index (χ1n) is 9.20. The van der Waals surface area contributed by atoms with Gasteiger partial charge in [0.25, 0.3) is 0 Å². The van der Waals surface area contributed by atoms with E-state index in [0.717, 1.165) is 42.2 Å². The average molecular weight is 343 g/mol. The lowest BCUT2D eigenvalue weighted by Crippen LogP contribution is -2.32. The molecule has 0 spiro atoms. The van der Waals surface area contributed by atoms with E-state index in [1.165, 1.54) is 32.1 Å². The largest absolute Gasteiger partial charge is 0.377 e. The molecule has 0 aliphatic heterocycles. The van der Waals surface area contributed by atoms with E-state index in [9.17, 15) is 0 Å². The molecule has 2 aromatic rings. The zero-order valence-electron chi connectivity index (χ0n) is 15.6. The van der Waals surface area contributed by atoms with Crippen LogP contribution in [0, 0.1) is 12.8 Å². The number of hydrogen-bond acceptors (Lipinski definition) is 5.